The number of rotatable bonds is 4. The molecule has 0 bridgehead atoms. The Kier molecular flexibility index (Phi) is 4.09. The molecule has 1 aliphatic carbocycles. The maximum atomic E-state index is 14.3. The summed E-state index contributed by atoms with van der Waals surface area (Å²) in [7, 11) is 0. The van der Waals surface area contributed by atoms with Crippen molar-refractivity contribution in [2.75, 3.05) is 0 Å². The number of aryl methyl sites for hydroxylation is 1. The normalized spacial score (nSPS) is 14.3. The summed E-state index contributed by atoms with van der Waals surface area (Å²) >= 11 is 0. The molecule has 1 atom stereocenters. The Bertz CT molecular complexity index is 829. The highest BCUT2D eigenvalue weighted by atomic mass is 19.1. The summed E-state index contributed by atoms with van der Waals surface area (Å²) in [5, 5.41) is 15.6. The first-order chi connectivity index (χ1) is 11.4. The molecular formula is C17H18FN3O3. The molecule has 2 aromatic rings. The van der Waals surface area contributed by atoms with Crippen LogP contribution in [0, 0.1) is 12.7 Å². The second-order valence-electron chi connectivity index (χ2n) is 6.03. The zero-order valence-corrected chi connectivity index (χ0v) is 13.5. The first-order valence-electron chi connectivity index (χ1n) is 7.79. The summed E-state index contributed by atoms with van der Waals surface area (Å²) in [6.45, 7) is 3.18. The molecule has 1 aromatic carbocycles. The monoisotopic (exact) mass is 331 g/mol. The molecule has 1 aliphatic rings. The lowest BCUT2D eigenvalue weighted by molar-refractivity contribution is -0.138. The third-order valence-corrected chi connectivity index (χ3v) is 4.19. The van der Waals surface area contributed by atoms with Gasteiger partial charge in [0.05, 0.1) is 0 Å². The Balaban J connectivity index is 2.02. The van der Waals surface area contributed by atoms with E-state index in [1.807, 2.05) is 0 Å². The average Bonchev–Trinajstić information content (AvgIpc) is 3.09. The molecule has 1 aromatic heterocycles. The van der Waals surface area contributed by atoms with E-state index in [9.17, 15) is 14.0 Å². The Hall–Kier alpha value is -2.70. The van der Waals surface area contributed by atoms with Crippen LogP contribution in [0.5, 0.6) is 0 Å². The van der Waals surface area contributed by atoms with E-state index >= 15 is 0 Å². The standard InChI is InChI=1S/C17H18FN3O3/c1-9-6-7-14(12(18)8-9)21-13-5-3-4-11(13)15(20-21)16(22)19-10(2)17(23)24/h6-8,10H,3-5H2,1-2H3,(H,19,22)(H,23,24). The molecule has 0 aliphatic heterocycles. The number of carbonyl (C=O) groups excluding carboxylic acids is 1. The molecule has 3 rings (SSSR count). The van der Waals surface area contributed by atoms with Crippen LogP contribution >= 0.6 is 0 Å². The van der Waals surface area contributed by atoms with Crippen molar-refractivity contribution in [2.45, 2.75) is 39.2 Å². The molecule has 1 unspecified atom stereocenters. The summed E-state index contributed by atoms with van der Waals surface area (Å²) in [6.07, 6.45) is 2.24. The zero-order valence-electron chi connectivity index (χ0n) is 13.5. The van der Waals surface area contributed by atoms with Crippen LogP contribution in [0.2, 0.25) is 0 Å². The number of hydrogen-bond donors (Lipinski definition) is 2. The van der Waals surface area contributed by atoms with E-state index < -0.39 is 23.7 Å². The highest BCUT2D eigenvalue weighted by molar-refractivity contribution is 5.96. The molecule has 2 N–H and O–H groups in total. The van der Waals surface area contributed by atoms with Gasteiger partial charge in [-0.25, -0.2) is 9.07 Å². The van der Waals surface area contributed by atoms with Crippen molar-refractivity contribution >= 4 is 11.9 Å². The first kappa shape index (κ1) is 16.2. The second kappa shape index (κ2) is 6.07. The van der Waals surface area contributed by atoms with Crippen molar-refractivity contribution < 1.29 is 19.1 Å². The number of aromatic nitrogens is 2. The van der Waals surface area contributed by atoms with E-state index in [1.165, 1.54) is 17.7 Å². The van der Waals surface area contributed by atoms with Gasteiger partial charge in [0.15, 0.2) is 5.69 Å². The smallest absolute Gasteiger partial charge is 0.325 e. The van der Waals surface area contributed by atoms with Crippen LogP contribution in [0.3, 0.4) is 0 Å². The lowest BCUT2D eigenvalue weighted by Gasteiger charge is -2.09. The quantitative estimate of drug-likeness (QED) is 0.897. The maximum Gasteiger partial charge on any atom is 0.325 e. The van der Waals surface area contributed by atoms with Gasteiger partial charge in [-0.1, -0.05) is 6.07 Å². The molecule has 0 saturated heterocycles. The molecule has 1 amide bonds. The van der Waals surface area contributed by atoms with E-state index in [2.05, 4.69) is 10.4 Å². The first-order valence-corrected chi connectivity index (χ1v) is 7.79. The van der Waals surface area contributed by atoms with E-state index in [1.54, 1.807) is 19.1 Å². The predicted molar refractivity (Wildman–Crippen MR) is 84.8 cm³/mol. The number of carboxylic acid groups (broad SMARTS) is 1. The third-order valence-electron chi connectivity index (χ3n) is 4.19. The molecule has 0 spiro atoms. The molecule has 24 heavy (non-hydrogen) atoms. The number of carboxylic acids is 1. The van der Waals surface area contributed by atoms with Gasteiger partial charge in [-0.15, -0.1) is 0 Å². The molecular weight excluding hydrogens is 313 g/mol. The topological polar surface area (TPSA) is 84.2 Å². The van der Waals surface area contributed by atoms with Gasteiger partial charge in [-0.05, 0) is 50.8 Å². The van der Waals surface area contributed by atoms with Gasteiger partial charge in [-0.2, -0.15) is 5.10 Å². The molecule has 126 valence electrons. The van der Waals surface area contributed by atoms with Crippen LogP contribution in [-0.4, -0.2) is 32.8 Å². The summed E-state index contributed by atoms with van der Waals surface area (Å²) in [6, 6.07) is 3.83. The van der Waals surface area contributed by atoms with E-state index in [0.717, 1.165) is 23.2 Å². The van der Waals surface area contributed by atoms with E-state index in [-0.39, 0.29) is 5.69 Å². The molecule has 7 heteroatoms. The maximum absolute atomic E-state index is 14.3. The van der Waals surface area contributed by atoms with Gasteiger partial charge in [-0.3, -0.25) is 9.59 Å². The largest absolute Gasteiger partial charge is 0.480 e. The SMILES string of the molecule is Cc1ccc(-n2nc(C(=O)NC(C)C(=O)O)c3c2CCC3)c(F)c1. The average molecular weight is 331 g/mol. The Labute approximate surface area is 138 Å². The van der Waals surface area contributed by atoms with Gasteiger partial charge < -0.3 is 10.4 Å². The van der Waals surface area contributed by atoms with Gasteiger partial charge in [0, 0.05) is 11.3 Å². The minimum atomic E-state index is -1.12. The number of benzene rings is 1. The van der Waals surface area contributed by atoms with Crippen molar-refractivity contribution in [3.63, 3.8) is 0 Å². The fraction of sp³-hybridized carbons (Fsp3) is 0.353. The third kappa shape index (κ3) is 2.77. The minimum absolute atomic E-state index is 0.176. The summed E-state index contributed by atoms with van der Waals surface area (Å²) < 4.78 is 15.8. The highest BCUT2D eigenvalue weighted by Gasteiger charge is 2.29. The van der Waals surface area contributed by atoms with Crippen LogP contribution in [0.25, 0.3) is 5.69 Å². The van der Waals surface area contributed by atoms with E-state index in [4.69, 9.17) is 5.11 Å². The highest BCUT2D eigenvalue weighted by Crippen LogP contribution is 2.29. The zero-order chi connectivity index (χ0) is 17.4. The molecule has 0 fully saturated rings. The van der Waals surface area contributed by atoms with Crippen molar-refractivity contribution in [1.82, 2.24) is 15.1 Å². The summed E-state index contributed by atoms with van der Waals surface area (Å²) in [5.41, 5.74) is 2.85. The minimum Gasteiger partial charge on any atom is -0.480 e. The fourth-order valence-electron chi connectivity index (χ4n) is 2.93. The summed E-state index contributed by atoms with van der Waals surface area (Å²) in [5.74, 6) is -2.07. The number of carbonyl (C=O) groups is 2. The van der Waals surface area contributed by atoms with Gasteiger partial charge in [0.1, 0.15) is 17.5 Å². The number of amides is 1. The number of nitrogens with zero attached hydrogens (tertiary/aromatic N) is 2. The summed E-state index contributed by atoms with van der Waals surface area (Å²) in [4.78, 5) is 23.3. The predicted octanol–water partition coefficient (Wildman–Crippen LogP) is 2.01. The number of nitrogens with one attached hydrogen (secondary N) is 1. The molecule has 0 radical (unpaired) electrons. The number of aliphatic carboxylic acids is 1. The lowest BCUT2D eigenvalue weighted by Crippen LogP contribution is -2.38. The Morgan fingerprint density at radius 2 is 2.12 bits per heavy atom. The Morgan fingerprint density at radius 1 is 1.38 bits per heavy atom. The molecule has 6 nitrogen and oxygen atoms in total. The molecule has 0 saturated carbocycles. The van der Waals surface area contributed by atoms with Crippen molar-refractivity contribution in [1.29, 1.82) is 0 Å². The van der Waals surface area contributed by atoms with Gasteiger partial charge in [0.2, 0.25) is 0 Å². The van der Waals surface area contributed by atoms with E-state index in [0.29, 0.717) is 18.5 Å². The van der Waals surface area contributed by atoms with Crippen LogP contribution in [0.1, 0.15) is 40.7 Å². The van der Waals surface area contributed by atoms with Crippen molar-refractivity contribution in [3.05, 3.63) is 46.5 Å². The second-order valence-corrected chi connectivity index (χ2v) is 6.03. The van der Waals surface area contributed by atoms with Crippen LogP contribution in [0.4, 0.5) is 4.39 Å². The van der Waals surface area contributed by atoms with Crippen molar-refractivity contribution in [3.8, 4) is 5.69 Å². The van der Waals surface area contributed by atoms with Gasteiger partial charge >= 0.3 is 5.97 Å². The Morgan fingerprint density at radius 3 is 2.79 bits per heavy atom. The van der Waals surface area contributed by atoms with Crippen molar-refractivity contribution in [2.24, 2.45) is 0 Å². The van der Waals surface area contributed by atoms with Crippen LogP contribution in [0.15, 0.2) is 18.2 Å². The number of fused-ring (bicyclic) bond motifs is 1. The van der Waals surface area contributed by atoms with Crippen LogP contribution < -0.4 is 5.32 Å². The molecule has 1 heterocycles. The van der Waals surface area contributed by atoms with Crippen LogP contribution in [-0.2, 0) is 17.6 Å². The fourth-order valence-corrected chi connectivity index (χ4v) is 2.93. The number of hydrogen-bond acceptors (Lipinski definition) is 3. The number of halogens is 1. The van der Waals surface area contributed by atoms with Gasteiger partial charge in [0.25, 0.3) is 5.91 Å². The lowest BCUT2D eigenvalue weighted by atomic mass is 10.2.